The van der Waals surface area contributed by atoms with Gasteiger partial charge in [0.05, 0.1) is 0 Å². The second kappa shape index (κ2) is 3.40. The Hall–Kier alpha value is -1.38. The van der Waals surface area contributed by atoms with Crippen LogP contribution in [0, 0.1) is 18.7 Å². The van der Waals surface area contributed by atoms with Crippen molar-refractivity contribution in [3.05, 3.63) is 29.6 Å². The van der Waals surface area contributed by atoms with E-state index in [2.05, 4.69) is 5.32 Å². The van der Waals surface area contributed by atoms with Gasteiger partial charge >= 0.3 is 0 Å². The minimum atomic E-state index is -0.241. The maximum atomic E-state index is 12.9. The molecule has 0 bridgehead atoms. The average Bonchev–Trinajstić information content (AvgIpc) is 2.94. The molecule has 1 aliphatic rings. The van der Waals surface area contributed by atoms with Crippen molar-refractivity contribution in [1.82, 2.24) is 0 Å². The van der Waals surface area contributed by atoms with Crippen molar-refractivity contribution in [3.63, 3.8) is 0 Å². The number of carbonyl (C=O) groups excluding carboxylic acids is 1. The summed E-state index contributed by atoms with van der Waals surface area (Å²) in [6.07, 6.45) is 1.96. The van der Waals surface area contributed by atoms with Gasteiger partial charge in [-0.3, -0.25) is 4.79 Å². The van der Waals surface area contributed by atoms with Crippen LogP contribution in [0.3, 0.4) is 0 Å². The maximum absolute atomic E-state index is 12.9. The van der Waals surface area contributed by atoms with E-state index in [1.165, 1.54) is 6.07 Å². The van der Waals surface area contributed by atoms with Gasteiger partial charge < -0.3 is 5.32 Å². The molecule has 74 valence electrons. The van der Waals surface area contributed by atoms with Gasteiger partial charge in [0.15, 0.2) is 0 Å². The zero-order valence-electron chi connectivity index (χ0n) is 8.01. The summed E-state index contributed by atoms with van der Waals surface area (Å²) < 4.78 is 12.9. The highest BCUT2D eigenvalue weighted by Gasteiger charge is 2.29. The second-order valence-electron chi connectivity index (χ2n) is 3.73. The normalized spacial score (nSPS) is 15.3. The molecule has 3 heteroatoms. The molecule has 1 aromatic rings. The molecular formula is C11H12FNO. The van der Waals surface area contributed by atoms with Crippen LogP contribution in [0.25, 0.3) is 0 Å². The molecule has 1 N–H and O–H groups in total. The van der Waals surface area contributed by atoms with Crippen molar-refractivity contribution in [1.29, 1.82) is 0 Å². The smallest absolute Gasteiger partial charge is 0.227 e. The molecule has 14 heavy (non-hydrogen) atoms. The summed E-state index contributed by atoms with van der Waals surface area (Å²) in [5, 5.41) is 2.77. The first-order valence-corrected chi connectivity index (χ1v) is 4.74. The molecular weight excluding hydrogens is 181 g/mol. The topological polar surface area (TPSA) is 29.1 Å². The zero-order chi connectivity index (χ0) is 10.1. The molecule has 0 aromatic heterocycles. The quantitative estimate of drug-likeness (QED) is 0.768. The SMILES string of the molecule is Cc1cc(NC(=O)C2CC2)ccc1F. The van der Waals surface area contributed by atoms with E-state index in [9.17, 15) is 9.18 Å². The van der Waals surface area contributed by atoms with Gasteiger partial charge in [0, 0.05) is 11.6 Å². The van der Waals surface area contributed by atoms with Gasteiger partial charge in [0.25, 0.3) is 0 Å². The largest absolute Gasteiger partial charge is 0.326 e. The van der Waals surface area contributed by atoms with Crippen LogP contribution in [-0.2, 0) is 4.79 Å². The highest BCUT2D eigenvalue weighted by atomic mass is 19.1. The highest BCUT2D eigenvalue weighted by Crippen LogP contribution is 2.30. The Morgan fingerprint density at radius 2 is 2.21 bits per heavy atom. The van der Waals surface area contributed by atoms with Crippen LogP contribution in [0.15, 0.2) is 18.2 Å². The average molecular weight is 193 g/mol. The van der Waals surface area contributed by atoms with Gasteiger partial charge in [-0.1, -0.05) is 0 Å². The third kappa shape index (κ3) is 1.92. The Morgan fingerprint density at radius 3 is 2.79 bits per heavy atom. The molecule has 0 aliphatic heterocycles. The maximum Gasteiger partial charge on any atom is 0.227 e. The van der Waals surface area contributed by atoms with Crippen LogP contribution in [-0.4, -0.2) is 5.91 Å². The van der Waals surface area contributed by atoms with Crippen molar-refractivity contribution in [2.45, 2.75) is 19.8 Å². The van der Waals surface area contributed by atoms with Crippen molar-refractivity contribution < 1.29 is 9.18 Å². The van der Waals surface area contributed by atoms with Crippen molar-refractivity contribution in [3.8, 4) is 0 Å². The molecule has 0 spiro atoms. The first-order valence-electron chi connectivity index (χ1n) is 4.74. The molecule has 1 saturated carbocycles. The molecule has 1 aliphatic carbocycles. The summed E-state index contributed by atoms with van der Waals surface area (Å²) in [5.41, 5.74) is 1.24. The number of aryl methyl sites for hydroxylation is 1. The number of rotatable bonds is 2. The lowest BCUT2D eigenvalue weighted by Crippen LogP contribution is -2.13. The fraction of sp³-hybridized carbons (Fsp3) is 0.364. The molecule has 0 heterocycles. The first kappa shape index (κ1) is 9.19. The Labute approximate surface area is 82.1 Å². The zero-order valence-corrected chi connectivity index (χ0v) is 8.01. The molecule has 2 nitrogen and oxygen atoms in total. The molecule has 0 saturated heterocycles. The van der Waals surface area contributed by atoms with E-state index in [1.54, 1.807) is 19.1 Å². The number of benzene rings is 1. The van der Waals surface area contributed by atoms with Gasteiger partial charge in [0.2, 0.25) is 5.91 Å². The Morgan fingerprint density at radius 1 is 1.50 bits per heavy atom. The number of carbonyl (C=O) groups is 1. The molecule has 1 amide bonds. The molecule has 0 radical (unpaired) electrons. The molecule has 0 unspecified atom stereocenters. The lowest BCUT2D eigenvalue weighted by molar-refractivity contribution is -0.117. The minimum Gasteiger partial charge on any atom is -0.326 e. The van der Waals surface area contributed by atoms with Gasteiger partial charge in [-0.2, -0.15) is 0 Å². The minimum absolute atomic E-state index is 0.0519. The standard InChI is InChI=1S/C11H12FNO/c1-7-6-9(4-5-10(7)12)13-11(14)8-2-3-8/h4-6,8H,2-3H2,1H3,(H,13,14). The molecule has 1 fully saturated rings. The van der Waals surface area contributed by atoms with Crippen LogP contribution in [0.2, 0.25) is 0 Å². The fourth-order valence-electron chi connectivity index (χ4n) is 1.31. The van der Waals surface area contributed by atoms with E-state index in [-0.39, 0.29) is 17.6 Å². The number of anilines is 1. The summed E-state index contributed by atoms with van der Waals surface area (Å²) in [6, 6.07) is 4.61. The Balaban J connectivity index is 2.08. The van der Waals surface area contributed by atoms with E-state index in [1.807, 2.05) is 0 Å². The van der Waals surface area contributed by atoms with E-state index in [4.69, 9.17) is 0 Å². The third-order valence-electron chi connectivity index (χ3n) is 2.37. The van der Waals surface area contributed by atoms with Crippen LogP contribution < -0.4 is 5.32 Å². The van der Waals surface area contributed by atoms with E-state index in [0.29, 0.717) is 11.3 Å². The number of nitrogens with one attached hydrogen (secondary N) is 1. The summed E-state index contributed by atoms with van der Waals surface area (Å²) in [4.78, 5) is 11.4. The lowest BCUT2D eigenvalue weighted by Gasteiger charge is -2.05. The number of hydrogen-bond acceptors (Lipinski definition) is 1. The van der Waals surface area contributed by atoms with Crippen molar-refractivity contribution in [2.75, 3.05) is 5.32 Å². The van der Waals surface area contributed by atoms with E-state index >= 15 is 0 Å². The predicted molar refractivity (Wildman–Crippen MR) is 52.5 cm³/mol. The molecule has 0 atom stereocenters. The molecule has 1 aromatic carbocycles. The van der Waals surface area contributed by atoms with E-state index in [0.717, 1.165) is 12.8 Å². The van der Waals surface area contributed by atoms with E-state index < -0.39 is 0 Å². The summed E-state index contributed by atoms with van der Waals surface area (Å²) >= 11 is 0. The van der Waals surface area contributed by atoms with Gasteiger partial charge in [-0.15, -0.1) is 0 Å². The van der Waals surface area contributed by atoms with Crippen LogP contribution >= 0.6 is 0 Å². The third-order valence-corrected chi connectivity index (χ3v) is 2.37. The Bertz CT molecular complexity index is 372. The highest BCUT2D eigenvalue weighted by molar-refractivity contribution is 5.94. The van der Waals surface area contributed by atoms with Crippen molar-refractivity contribution >= 4 is 11.6 Å². The Kier molecular flexibility index (Phi) is 2.23. The summed E-state index contributed by atoms with van der Waals surface area (Å²) in [6.45, 7) is 1.68. The van der Waals surface area contributed by atoms with Gasteiger partial charge in [0.1, 0.15) is 5.82 Å². The number of halogens is 1. The number of hydrogen-bond donors (Lipinski definition) is 1. The van der Waals surface area contributed by atoms with Crippen LogP contribution in [0.4, 0.5) is 10.1 Å². The van der Waals surface area contributed by atoms with Gasteiger partial charge in [-0.25, -0.2) is 4.39 Å². The first-order chi connectivity index (χ1) is 6.66. The second-order valence-corrected chi connectivity index (χ2v) is 3.73. The van der Waals surface area contributed by atoms with Gasteiger partial charge in [-0.05, 0) is 43.5 Å². The summed E-state index contributed by atoms with van der Waals surface area (Å²) in [5.74, 6) is -0.00853. The molecule has 2 rings (SSSR count). The van der Waals surface area contributed by atoms with Crippen LogP contribution in [0.1, 0.15) is 18.4 Å². The fourth-order valence-corrected chi connectivity index (χ4v) is 1.31. The number of amides is 1. The lowest BCUT2D eigenvalue weighted by atomic mass is 10.2. The van der Waals surface area contributed by atoms with Crippen LogP contribution in [0.5, 0.6) is 0 Å². The van der Waals surface area contributed by atoms with Crippen molar-refractivity contribution in [2.24, 2.45) is 5.92 Å². The predicted octanol–water partition coefficient (Wildman–Crippen LogP) is 2.48. The monoisotopic (exact) mass is 193 g/mol. The summed E-state index contributed by atoms with van der Waals surface area (Å²) in [7, 11) is 0.